The van der Waals surface area contributed by atoms with Gasteiger partial charge in [0.2, 0.25) is 0 Å². The van der Waals surface area contributed by atoms with Gasteiger partial charge in [-0.25, -0.2) is 0 Å². The zero-order valence-corrected chi connectivity index (χ0v) is 7.91. The number of hydrogen-bond acceptors (Lipinski definition) is 1. The number of hydrogen-bond donors (Lipinski definition) is 0. The van der Waals surface area contributed by atoms with Crippen LogP contribution in [0.4, 0.5) is 0 Å². The third kappa shape index (κ3) is 2.50. The van der Waals surface area contributed by atoms with Crippen molar-refractivity contribution >= 4 is 5.57 Å². The molecular weight excluding hydrogens is 146 g/mol. The first kappa shape index (κ1) is 8.98. The molecule has 0 saturated heterocycles. The molecule has 0 aliphatic heterocycles. The van der Waals surface area contributed by atoms with E-state index in [9.17, 15) is 0 Å². The van der Waals surface area contributed by atoms with Gasteiger partial charge in [-0.1, -0.05) is 19.9 Å². The highest BCUT2D eigenvalue weighted by Crippen LogP contribution is 2.14. The van der Waals surface area contributed by atoms with Gasteiger partial charge in [-0.15, -0.1) is 0 Å². The van der Waals surface area contributed by atoms with Crippen LogP contribution < -0.4 is 0 Å². The van der Waals surface area contributed by atoms with Crippen LogP contribution in [0, 0.1) is 5.92 Å². The summed E-state index contributed by atoms with van der Waals surface area (Å²) < 4.78 is 0. The summed E-state index contributed by atoms with van der Waals surface area (Å²) in [4.78, 5) is 3.98. The molecule has 0 fully saturated rings. The SMILES string of the molecule is C/C(=C\C(C)C)c1ccncc1. The Morgan fingerprint density at radius 1 is 1.33 bits per heavy atom. The van der Waals surface area contributed by atoms with E-state index < -0.39 is 0 Å². The van der Waals surface area contributed by atoms with Gasteiger partial charge in [0, 0.05) is 12.4 Å². The van der Waals surface area contributed by atoms with E-state index in [-0.39, 0.29) is 0 Å². The summed E-state index contributed by atoms with van der Waals surface area (Å²) in [6.07, 6.45) is 5.91. The van der Waals surface area contributed by atoms with Gasteiger partial charge < -0.3 is 0 Å². The maximum atomic E-state index is 3.98. The van der Waals surface area contributed by atoms with Crippen LogP contribution >= 0.6 is 0 Å². The molecule has 0 aliphatic carbocycles. The van der Waals surface area contributed by atoms with Crippen LogP contribution in [0.15, 0.2) is 30.6 Å². The summed E-state index contributed by atoms with van der Waals surface area (Å²) >= 11 is 0. The molecule has 1 heterocycles. The molecule has 1 nitrogen and oxygen atoms in total. The highest BCUT2D eigenvalue weighted by molar-refractivity contribution is 5.63. The zero-order chi connectivity index (χ0) is 8.97. The molecule has 0 aliphatic rings. The molecule has 0 spiro atoms. The molecular formula is C11H15N. The fraction of sp³-hybridized carbons (Fsp3) is 0.364. The molecule has 1 aromatic rings. The van der Waals surface area contributed by atoms with Crippen molar-refractivity contribution in [1.29, 1.82) is 0 Å². The minimum Gasteiger partial charge on any atom is -0.265 e. The Bertz CT molecular complexity index is 260. The molecule has 1 heteroatoms. The molecule has 1 rings (SSSR count). The van der Waals surface area contributed by atoms with E-state index in [0.29, 0.717) is 5.92 Å². The minimum atomic E-state index is 0.609. The smallest absolute Gasteiger partial charge is 0.0273 e. The lowest BCUT2D eigenvalue weighted by molar-refractivity contribution is 0.833. The number of allylic oxidation sites excluding steroid dienone is 2. The molecule has 0 saturated carbocycles. The second-order valence-electron chi connectivity index (χ2n) is 3.33. The fourth-order valence-corrected chi connectivity index (χ4v) is 1.21. The quantitative estimate of drug-likeness (QED) is 0.649. The summed E-state index contributed by atoms with van der Waals surface area (Å²) in [6.45, 7) is 6.50. The predicted molar refractivity (Wildman–Crippen MR) is 52.7 cm³/mol. The van der Waals surface area contributed by atoms with Crippen molar-refractivity contribution in [3.8, 4) is 0 Å². The predicted octanol–water partition coefficient (Wildman–Crippen LogP) is 3.14. The Kier molecular flexibility index (Phi) is 3.03. The van der Waals surface area contributed by atoms with Crippen molar-refractivity contribution in [1.82, 2.24) is 4.98 Å². The van der Waals surface area contributed by atoms with Gasteiger partial charge in [0.05, 0.1) is 0 Å². The lowest BCUT2D eigenvalue weighted by atomic mass is 10.0. The molecule has 0 aromatic carbocycles. The number of pyridine rings is 1. The van der Waals surface area contributed by atoms with Crippen molar-refractivity contribution in [2.45, 2.75) is 20.8 Å². The van der Waals surface area contributed by atoms with Gasteiger partial charge in [-0.05, 0) is 36.1 Å². The highest BCUT2D eigenvalue weighted by Gasteiger charge is 1.94. The Morgan fingerprint density at radius 2 is 1.92 bits per heavy atom. The lowest BCUT2D eigenvalue weighted by Crippen LogP contribution is -1.84. The van der Waals surface area contributed by atoms with Gasteiger partial charge in [-0.3, -0.25) is 4.98 Å². The van der Waals surface area contributed by atoms with E-state index in [1.165, 1.54) is 11.1 Å². The molecule has 0 amide bonds. The van der Waals surface area contributed by atoms with Gasteiger partial charge in [-0.2, -0.15) is 0 Å². The Labute approximate surface area is 74.2 Å². The van der Waals surface area contributed by atoms with Gasteiger partial charge >= 0.3 is 0 Å². The average Bonchev–Trinajstić information content (AvgIpc) is 2.05. The van der Waals surface area contributed by atoms with E-state index in [1.54, 1.807) is 0 Å². The monoisotopic (exact) mass is 161 g/mol. The van der Waals surface area contributed by atoms with Crippen molar-refractivity contribution < 1.29 is 0 Å². The molecule has 0 N–H and O–H groups in total. The van der Waals surface area contributed by atoms with Crippen LogP contribution in [0.3, 0.4) is 0 Å². The summed E-state index contributed by atoms with van der Waals surface area (Å²) in [5, 5.41) is 0. The van der Waals surface area contributed by atoms with Crippen LogP contribution in [0.2, 0.25) is 0 Å². The standard InChI is InChI=1S/C11H15N/c1-9(2)8-10(3)11-4-6-12-7-5-11/h4-9H,1-3H3/b10-8+. The van der Waals surface area contributed by atoms with Crippen molar-refractivity contribution in [2.75, 3.05) is 0 Å². The topological polar surface area (TPSA) is 12.9 Å². The molecule has 0 unspecified atom stereocenters. The first-order valence-electron chi connectivity index (χ1n) is 4.29. The first-order chi connectivity index (χ1) is 5.70. The summed E-state index contributed by atoms with van der Waals surface area (Å²) in [7, 11) is 0. The Hall–Kier alpha value is -1.11. The highest BCUT2D eigenvalue weighted by atomic mass is 14.6. The summed E-state index contributed by atoms with van der Waals surface area (Å²) in [5.41, 5.74) is 2.59. The molecule has 64 valence electrons. The maximum absolute atomic E-state index is 3.98. The van der Waals surface area contributed by atoms with E-state index in [1.807, 2.05) is 24.5 Å². The normalized spacial score (nSPS) is 12.2. The van der Waals surface area contributed by atoms with Crippen molar-refractivity contribution in [3.05, 3.63) is 36.2 Å². The number of nitrogens with zero attached hydrogens (tertiary/aromatic N) is 1. The summed E-state index contributed by atoms with van der Waals surface area (Å²) in [6, 6.07) is 4.07. The van der Waals surface area contributed by atoms with Crippen LogP contribution in [0.25, 0.3) is 5.57 Å². The molecule has 12 heavy (non-hydrogen) atoms. The maximum Gasteiger partial charge on any atom is 0.0273 e. The van der Waals surface area contributed by atoms with Crippen molar-refractivity contribution in [2.24, 2.45) is 5.92 Å². The van der Waals surface area contributed by atoms with Crippen molar-refractivity contribution in [3.63, 3.8) is 0 Å². The second kappa shape index (κ2) is 4.05. The van der Waals surface area contributed by atoms with Crippen LogP contribution in [-0.4, -0.2) is 4.98 Å². The average molecular weight is 161 g/mol. The van der Waals surface area contributed by atoms with E-state index >= 15 is 0 Å². The van der Waals surface area contributed by atoms with E-state index in [2.05, 4.69) is 31.8 Å². The molecule has 0 bridgehead atoms. The fourth-order valence-electron chi connectivity index (χ4n) is 1.21. The van der Waals surface area contributed by atoms with E-state index in [0.717, 1.165) is 0 Å². The van der Waals surface area contributed by atoms with E-state index in [4.69, 9.17) is 0 Å². The number of aromatic nitrogens is 1. The Morgan fingerprint density at radius 3 is 2.42 bits per heavy atom. The minimum absolute atomic E-state index is 0.609. The van der Waals surface area contributed by atoms with Crippen LogP contribution in [0.5, 0.6) is 0 Å². The first-order valence-corrected chi connectivity index (χ1v) is 4.29. The molecule has 0 radical (unpaired) electrons. The van der Waals surface area contributed by atoms with Gasteiger partial charge in [0.25, 0.3) is 0 Å². The lowest BCUT2D eigenvalue weighted by Gasteiger charge is -2.02. The molecule has 0 atom stereocenters. The van der Waals surface area contributed by atoms with Crippen LogP contribution in [-0.2, 0) is 0 Å². The molecule has 1 aromatic heterocycles. The van der Waals surface area contributed by atoms with Gasteiger partial charge in [0.1, 0.15) is 0 Å². The van der Waals surface area contributed by atoms with Crippen LogP contribution in [0.1, 0.15) is 26.3 Å². The second-order valence-corrected chi connectivity index (χ2v) is 3.33. The third-order valence-corrected chi connectivity index (χ3v) is 1.72. The summed E-state index contributed by atoms with van der Waals surface area (Å²) in [5.74, 6) is 0.609. The third-order valence-electron chi connectivity index (χ3n) is 1.72. The zero-order valence-electron chi connectivity index (χ0n) is 7.91. The number of rotatable bonds is 2. The Balaban J connectivity index is 2.85. The van der Waals surface area contributed by atoms with Gasteiger partial charge in [0.15, 0.2) is 0 Å². The largest absolute Gasteiger partial charge is 0.265 e.